The number of aliphatic carboxylic acids is 1. The van der Waals surface area contributed by atoms with Gasteiger partial charge >= 0.3 is 5.97 Å². The number of carboxylic acid groups (broad SMARTS) is 1. The van der Waals surface area contributed by atoms with Gasteiger partial charge in [0.05, 0.1) is 12.1 Å². The number of rotatable bonds is 6. The molecule has 1 saturated carbocycles. The minimum absolute atomic E-state index is 0.132. The fourth-order valence-electron chi connectivity index (χ4n) is 4.56. The van der Waals surface area contributed by atoms with E-state index in [-0.39, 0.29) is 18.2 Å². The number of carbonyl (C=O) groups excluding carboxylic acids is 2. The molecule has 7 nitrogen and oxygen atoms in total. The lowest BCUT2D eigenvalue weighted by Gasteiger charge is -2.37. The number of carbonyl (C=O) groups is 3. The maximum Gasteiger partial charge on any atom is 0.305 e. The van der Waals surface area contributed by atoms with Crippen LogP contribution in [0.1, 0.15) is 44.9 Å². The molecule has 1 aliphatic carbocycles. The van der Waals surface area contributed by atoms with Gasteiger partial charge in [0.2, 0.25) is 5.91 Å². The zero-order valence-corrected chi connectivity index (χ0v) is 19.3. The fourth-order valence-corrected chi connectivity index (χ4v) is 5.65. The summed E-state index contributed by atoms with van der Waals surface area (Å²) in [6.45, 7) is 0.770. The second-order valence-electron chi connectivity index (χ2n) is 8.40. The van der Waals surface area contributed by atoms with Gasteiger partial charge in [0.15, 0.2) is 5.13 Å². The van der Waals surface area contributed by atoms with Crippen molar-refractivity contribution in [3.63, 3.8) is 0 Å². The molecule has 32 heavy (non-hydrogen) atoms. The van der Waals surface area contributed by atoms with Gasteiger partial charge in [-0.15, -0.1) is 11.3 Å². The van der Waals surface area contributed by atoms with Crippen LogP contribution in [0.5, 0.6) is 0 Å². The predicted octanol–water partition coefficient (Wildman–Crippen LogP) is 4.45. The van der Waals surface area contributed by atoms with E-state index in [1.165, 1.54) is 16.2 Å². The van der Waals surface area contributed by atoms with Crippen LogP contribution in [0, 0.1) is 5.92 Å². The summed E-state index contributed by atoms with van der Waals surface area (Å²) in [5, 5.41) is 12.4. The second kappa shape index (κ2) is 10.0. The largest absolute Gasteiger partial charge is 0.481 e. The molecule has 1 atom stereocenters. The number of amides is 2. The monoisotopic (exact) mass is 475 g/mol. The molecule has 2 fully saturated rings. The molecule has 1 aromatic heterocycles. The van der Waals surface area contributed by atoms with Crippen molar-refractivity contribution in [2.45, 2.75) is 51.0 Å². The van der Waals surface area contributed by atoms with E-state index in [2.05, 4.69) is 4.98 Å². The van der Waals surface area contributed by atoms with Gasteiger partial charge in [-0.25, -0.2) is 4.98 Å². The highest BCUT2D eigenvalue weighted by atomic mass is 35.5. The molecule has 2 aromatic rings. The van der Waals surface area contributed by atoms with Gasteiger partial charge in [0.25, 0.3) is 5.91 Å². The molecule has 1 aliphatic heterocycles. The van der Waals surface area contributed by atoms with E-state index in [4.69, 9.17) is 11.6 Å². The molecule has 1 N–H and O–H groups in total. The van der Waals surface area contributed by atoms with E-state index in [0.29, 0.717) is 41.3 Å². The Balaban J connectivity index is 1.63. The Bertz CT molecular complexity index is 1000. The van der Waals surface area contributed by atoms with Gasteiger partial charge in [0, 0.05) is 35.5 Å². The third-order valence-corrected chi connectivity index (χ3v) is 7.38. The maximum atomic E-state index is 13.6. The van der Waals surface area contributed by atoms with E-state index >= 15 is 0 Å². The summed E-state index contributed by atoms with van der Waals surface area (Å²) in [6, 6.07) is 6.34. The third-order valence-electron chi connectivity index (χ3n) is 6.19. The van der Waals surface area contributed by atoms with Gasteiger partial charge in [-0.05, 0) is 31.2 Å². The number of benzene rings is 1. The molecule has 2 heterocycles. The number of nitrogens with zero attached hydrogens (tertiary/aromatic N) is 3. The Morgan fingerprint density at radius 3 is 2.66 bits per heavy atom. The number of anilines is 1. The minimum atomic E-state index is -1.09. The minimum Gasteiger partial charge on any atom is -0.481 e. The Morgan fingerprint density at radius 1 is 1.19 bits per heavy atom. The fraction of sp³-hybridized carbons (Fsp3) is 0.478. The summed E-state index contributed by atoms with van der Waals surface area (Å²) in [6.07, 6.45) is 4.63. The summed E-state index contributed by atoms with van der Waals surface area (Å²) >= 11 is 7.62. The maximum absolute atomic E-state index is 13.6. The molecule has 2 amide bonds. The van der Waals surface area contributed by atoms with Crippen LogP contribution < -0.4 is 4.90 Å². The SMILES string of the molecule is O=C(O)CC1C(=O)N(c2nc(-c3ccccc3Cl)cs2)CCCC(=O)N1CC1CCCC1. The van der Waals surface area contributed by atoms with Crippen molar-refractivity contribution in [2.24, 2.45) is 5.92 Å². The summed E-state index contributed by atoms with van der Waals surface area (Å²) in [7, 11) is 0. The lowest BCUT2D eigenvalue weighted by Crippen LogP contribution is -2.55. The standard InChI is InChI=1S/C23H26ClN3O4S/c24-17-9-4-3-8-16(17)18-14-32-23(25-18)26-11-5-10-20(28)27(13-15-6-1-2-7-15)19(22(26)31)12-21(29)30/h3-4,8-9,14-15,19H,1-2,5-7,10-13H2,(H,29,30). The van der Waals surface area contributed by atoms with Crippen molar-refractivity contribution >= 4 is 45.9 Å². The van der Waals surface area contributed by atoms with Crippen LogP contribution in [-0.4, -0.2) is 51.9 Å². The van der Waals surface area contributed by atoms with Gasteiger partial charge in [0.1, 0.15) is 6.04 Å². The van der Waals surface area contributed by atoms with Gasteiger partial charge in [-0.3, -0.25) is 19.3 Å². The summed E-state index contributed by atoms with van der Waals surface area (Å²) in [5.74, 6) is -1.28. The number of hydrogen-bond donors (Lipinski definition) is 1. The molecule has 1 unspecified atom stereocenters. The summed E-state index contributed by atoms with van der Waals surface area (Å²) < 4.78 is 0. The van der Waals surface area contributed by atoms with Crippen molar-refractivity contribution in [3.05, 3.63) is 34.7 Å². The number of halogens is 1. The molecular weight excluding hydrogens is 450 g/mol. The Morgan fingerprint density at radius 2 is 1.94 bits per heavy atom. The third kappa shape index (κ3) is 4.96. The van der Waals surface area contributed by atoms with E-state index in [9.17, 15) is 19.5 Å². The predicted molar refractivity (Wildman–Crippen MR) is 124 cm³/mol. The normalized spacial score (nSPS) is 20.5. The molecular formula is C23H26ClN3O4S. The molecule has 2 aliphatic rings. The van der Waals surface area contributed by atoms with Gasteiger partial charge in [-0.1, -0.05) is 42.6 Å². The van der Waals surface area contributed by atoms with Crippen LogP contribution in [0.4, 0.5) is 5.13 Å². The highest BCUT2D eigenvalue weighted by Gasteiger charge is 2.39. The average molecular weight is 476 g/mol. The Kier molecular flexibility index (Phi) is 7.10. The second-order valence-corrected chi connectivity index (χ2v) is 9.64. The Hall–Kier alpha value is -2.45. The van der Waals surface area contributed by atoms with Crippen LogP contribution in [0.2, 0.25) is 5.02 Å². The zero-order chi connectivity index (χ0) is 22.7. The number of thiazole rings is 1. The van der Waals surface area contributed by atoms with Crippen molar-refractivity contribution in [3.8, 4) is 11.3 Å². The lowest BCUT2D eigenvalue weighted by molar-refractivity contribution is -0.147. The van der Waals surface area contributed by atoms with E-state index in [1.54, 1.807) is 11.0 Å². The first-order chi connectivity index (χ1) is 15.4. The van der Waals surface area contributed by atoms with Crippen LogP contribution in [0.3, 0.4) is 0 Å². The van der Waals surface area contributed by atoms with Crippen LogP contribution in [-0.2, 0) is 14.4 Å². The zero-order valence-electron chi connectivity index (χ0n) is 17.7. The van der Waals surface area contributed by atoms with Crippen LogP contribution >= 0.6 is 22.9 Å². The van der Waals surface area contributed by atoms with Crippen molar-refractivity contribution in [2.75, 3.05) is 18.0 Å². The van der Waals surface area contributed by atoms with Gasteiger partial charge in [-0.2, -0.15) is 0 Å². The van der Waals surface area contributed by atoms with Gasteiger partial charge < -0.3 is 10.0 Å². The molecule has 9 heteroatoms. The first kappa shape index (κ1) is 22.7. The number of hydrogen-bond acceptors (Lipinski definition) is 5. The van der Waals surface area contributed by atoms with E-state index < -0.39 is 18.4 Å². The van der Waals surface area contributed by atoms with Crippen molar-refractivity contribution in [1.29, 1.82) is 0 Å². The van der Waals surface area contributed by atoms with Crippen molar-refractivity contribution in [1.82, 2.24) is 9.88 Å². The van der Waals surface area contributed by atoms with E-state index in [0.717, 1.165) is 31.2 Å². The highest BCUT2D eigenvalue weighted by Crippen LogP contribution is 2.34. The van der Waals surface area contributed by atoms with E-state index in [1.807, 2.05) is 23.6 Å². The molecule has 0 bridgehead atoms. The number of carboxylic acids is 1. The quantitative estimate of drug-likeness (QED) is 0.666. The lowest BCUT2D eigenvalue weighted by atomic mass is 10.0. The molecule has 1 saturated heterocycles. The molecule has 0 radical (unpaired) electrons. The molecule has 4 rings (SSSR count). The Labute approximate surface area is 196 Å². The average Bonchev–Trinajstić information content (AvgIpc) is 3.45. The molecule has 170 valence electrons. The smallest absolute Gasteiger partial charge is 0.305 e. The van der Waals surface area contributed by atoms with Crippen molar-refractivity contribution < 1.29 is 19.5 Å². The summed E-state index contributed by atoms with van der Waals surface area (Å²) in [4.78, 5) is 45.8. The summed E-state index contributed by atoms with van der Waals surface area (Å²) in [5.41, 5.74) is 1.44. The molecule has 0 spiro atoms. The topological polar surface area (TPSA) is 90.8 Å². The molecule has 1 aromatic carbocycles. The van der Waals surface area contributed by atoms with Crippen LogP contribution in [0.25, 0.3) is 11.3 Å². The first-order valence-corrected chi connectivity index (χ1v) is 12.2. The number of aromatic nitrogens is 1. The highest BCUT2D eigenvalue weighted by molar-refractivity contribution is 7.14. The van der Waals surface area contributed by atoms with Crippen LogP contribution in [0.15, 0.2) is 29.6 Å². The first-order valence-electron chi connectivity index (χ1n) is 11.0.